The lowest BCUT2D eigenvalue weighted by Gasteiger charge is -2.39. The topological polar surface area (TPSA) is 19.4 Å². The minimum atomic E-state index is -1.63. The van der Waals surface area contributed by atoms with E-state index in [1.54, 1.807) is 0 Å². The second-order valence-electron chi connectivity index (χ2n) is 11.6. The van der Waals surface area contributed by atoms with Crippen LogP contribution in [0.5, 0.6) is 0 Å². The van der Waals surface area contributed by atoms with E-state index < -0.39 is 16.5 Å². The zero-order valence-corrected chi connectivity index (χ0v) is 25.0. The van der Waals surface area contributed by atoms with Crippen LogP contribution < -0.4 is 9.13 Å². The second kappa shape index (κ2) is 10.1. The Kier molecular flexibility index (Phi) is 7.78. The molecule has 0 radical (unpaired) electrons. The molecule has 0 saturated heterocycles. The van der Waals surface area contributed by atoms with E-state index in [4.69, 9.17) is 4.98 Å². The van der Waals surface area contributed by atoms with Crippen molar-refractivity contribution in [3.05, 3.63) is 88.2 Å². The van der Waals surface area contributed by atoms with Crippen LogP contribution in [0.15, 0.2) is 54.6 Å². The van der Waals surface area contributed by atoms with Crippen molar-refractivity contribution >= 4 is 27.8 Å². The first-order chi connectivity index (χ1) is 15.8. The van der Waals surface area contributed by atoms with Gasteiger partial charge in [-0.2, -0.15) is 0 Å². The van der Waals surface area contributed by atoms with Crippen LogP contribution in [0.2, 0.25) is 39.3 Å². The van der Waals surface area contributed by atoms with E-state index in [-0.39, 0.29) is 0 Å². The van der Waals surface area contributed by atoms with Crippen molar-refractivity contribution in [1.29, 1.82) is 0 Å². The Bertz CT molecular complexity index is 1020. The number of aromatic nitrogens is 1. The number of benzene rings is 2. The minimum Gasteiger partial charge on any atom is -0.392 e. The third-order valence-electron chi connectivity index (χ3n) is 6.54. The van der Waals surface area contributed by atoms with Crippen LogP contribution in [0.25, 0.3) is 0 Å². The summed E-state index contributed by atoms with van der Waals surface area (Å²) >= 11 is 0. The lowest BCUT2D eigenvalue weighted by Crippen LogP contribution is -2.47. The molecule has 0 aliphatic heterocycles. The molecule has 3 aromatic rings. The van der Waals surface area contributed by atoms with Crippen LogP contribution in [0.4, 0.5) is 11.4 Å². The normalized spacial score (nSPS) is 12.1. The van der Waals surface area contributed by atoms with Gasteiger partial charge >= 0.3 is 0 Å². The molecule has 5 heteroatoms. The summed E-state index contributed by atoms with van der Waals surface area (Å²) in [7, 11) is -3.26. The summed E-state index contributed by atoms with van der Waals surface area (Å²) in [6.45, 7) is 25.2. The summed E-state index contributed by atoms with van der Waals surface area (Å²) in [4.78, 5) is 5.21. The average molecular weight is 490 g/mol. The molecule has 3 nitrogen and oxygen atoms in total. The van der Waals surface area contributed by atoms with E-state index in [0.717, 1.165) is 24.5 Å². The molecule has 0 fully saturated rings. The Labute approximate surface area is 210 Å². The minimum absolute atomic E-state index is 0.853. The Morgan fingerprint density at radius 1 is 0.529 bits per heavy atom. The van der Waals surface area contributed by atoms with Gasteiger partial charge in [-0.05, 0) is 62.1 Å². The Hall–Kier alpha value is -2.38. The fraction of sp³-hybridized carbons (Fsp3) is 0.414. The van der Waals surface area contributed by atoms with E-state index in [0.29, 0.717) is 0 Å². The van der Waals surface area contributed by atoms with Gasteiger partial charge < -0.3 is 9.13 Å². The van der Waals surface area contributed by atoms with Crippen LogP contribution in [0.3, 0.4) is 0 Å². The van der Waals surface area contributed by atoms with Gasteiger partial charge in [0.25, 0.3) is 0 Å². The first-order valence-corrected chi connectivity index (χ1v) is 19.3. The first-order valence-electron chi connectivity index (χ1n) is 12.4. The van der Waals surface area contributed by atoms with E-state index >= 15 is 0 Å². The Balaban J connectivity index is 1.97. The highest BCUT2D eigenvalue weighted by atomic mass is 28.3. The van der Waals surface area contributed by atoms with Crippen LogP contribution in [-0.4, -0.2) is 21.5 Å². The summed E-state index contributed by atoms with van der Waals surface area (Å²) < 4.78 is 5.29. The molecule has 0 saturated carbocycles. The molecule has 0 bridgehead atoms. The van der Waals surface area contributed by atoms with Crippen LogP contribution in [-0.2, 0) is 13.1 Å². The van der Waals surface area contributed by atoms with Crippen molar-refractivity contribution in [1.82, 2.24) is 4.98 Å². The predicted octanol–water partition coefficient (Wildman–Crippen LogP) is 8.00. The fourth-order valence-electron chi connectivity index (χ4n) is 4.80. The summed E-state index contributed by atoms with van der Waals surface area (Å²) in [5.74, 6) is 0. The maximum atomic E-state index is 5.21. The predicted molar refractivity (Wildman–Crippen MR) is 155 cm³/mol. The van der Waals surface area contributed by atoms with Crippen molar-refractivity contribution < 1.29 is 0 Å². The number of pyridine rings is 1. The number of rotatable bonds is 8. The second-order valence-corrected chi connectivity index (χ2v) is 21.4. The van der Waals surface area contributed by atoms with Crippen molar-refractivity contribution in [3.63, 3.8) is 0 Å². The van der Waals surface area contributed by atoms with Gasteiger partial charge in [0, 0.05) is 11.4 Å². The number of aryl methyl sites for hydroxylation is 4. The quantitative estimate of drug-likeness (QED) is 0.299. The van der Waals surface area contributed by atoms with Gasteiger partial charge in [-0.1, -0.05) is 81.7 Å². The number of anilines is 2. The lowest BCUT2D eigenvalue weighted by atomic mass is 10.1. The third kappa shape index (κ3) is 6.00. The molecule has 1 heterocycles. The van der Waals surface area contributed by atoms with Crippen LogP contribution >= 0.6 is 0 Å². The molecular weight excluding hydrogens is 447 g/mol. The highest BCUT2D eigenvalue weighted by molar-refractivity contribution is 6.80. The summed E-state index contributed by atoms with van der Waals surface area (Å²) in [6.07, 6.45) is 0. The number of hydrogen-bond donors (Lipinski definition) is 0. The van der Waals surface area contributed by atoms with E-state index in [1.165, 1.54) is 33.6 Å². The molecule has 0 unspecified atom stereocenters. The fourth-order valence-corrected chi connectivity index (χ4v) is 8.12. The van der Waals surface area contributed by atoms with Gasteiger partial charge in [-0.3, -0.25) is 4.98 Å². The standard InChI is InChI=1S/C29H43N3Si2/c1-22-14-11-15-23(2)28(22)31(33(5,6)7)20-26-18-13-19-27(30-26)21-32(34(8,9)10)29-24(3)16-12-17-25(29)4/h11-19H,20-21H2,1-10H3. The van der Waals surface area contributed by atoms with Crippen molar-refractivity contribution in [2.75, 3.05) is 9.13 Å². The maximum absolute atomic E-state index is 5.21. The van der Waals surface area contributed by atoms with Crippen LogP contribution in [0.1, 0.15) is 33.6 Å². The van der Waals surface area contributed by atoms with Crippen molar-refractivity contribution in [3.8, 4) is 0 Å². The SMILES string of the molecule is Cc1cccc(C)c1N(Cc1cccc(CN(c2c(C)cccc2C)[Si](C)(C)C)n1)[Si](C)(C)C. The summed E-state index contributed by atoms with van der Waals surface area (Å²) in [5, 5.41) is 0. The average Bonchev–Trinajstić information content (AvgIpc) is 2.71. The number of nitrogens with zero attached hydrogens (tertiary/aromatic N) is 3. The summed E-state index contributed by atoms with van der Waals surface area (Å²) in [6, 6.07) is 19.8. The molecule has 0 N–H and O–H groups in total. The van der Waals surface area contributed by atoms with E-state index in [9.17, 15) is 0 Å². The first kappa shape index (κ1) is 26.2. The zero-order valence-electron chi connectivity index (χ0n) is 23.0. The molecule has 0 aliphatic rings. The van der Waals surface area contributed by atoms with Gasteiger partial charge in [-0.25, -0.2) is 0 Å². The molecule has 0 aliphatic carbocycles. The summed E-state index contributed by atoms with van der Waals surface area (Å²) in [5.41, 5.74) is 10.5. The van der Waals surface area contributed by atoms with Gasteiger partial charge in [-0.15, -0.1) is 0 Å². The van der Waals surface area contributed by atoms with E-state index in [1.807, 2.05) is 0 Å². The lowest BCUT2D eigenvalue weighted by molar-refractivity contribution is 0.880. The molecule has 0 amide bonds. The smallest absolute Gasteiger partial charge is 0.148 e. The molecular formula is C29H43N3Si2. The molecule has 3 rings (SSSR count). The van der Waals surface area contributed by atoms with Gasteiger partial charge in [0.2, 0.25) is 0 Å². The van der Waals surface area contributed by atoms with Crippen LogP contribution in [0, 0.1) is 27.7 Å². The van der Waals surface area contributed by atoms with Crippen molar-refractivity contribution in [2.24, 2.45) is 0 Å². The highest BCUT2D eigenvalue weighted by Crippen LogP contribution is 2.32. The van der Waals surface area contributed by atoms with Gasteiger partial charge in [0.05, 0.1) is 24.5 Å². The number of para-hydroxylation sites is 2. The van der Waals surface area contributed by atoms with Gasteiger partial charge in [0.15, 0.2) is 0 Å². The molecule has 34 heavy (non-hydrogen) atoms. The molecule has 2 aromatic carbocycles. The van der Waals surface area contributed by atoms with Gasteiger partial charge in [0.1, 0.15) is 16.5 Å². The zero-order chi connectivity index (χ0) is 25.3. The monoisotopic (exact) mass is 489 g/mol. The van der Waals surface area contributed by atoms with Crippen molar-refractivity contribution in [2.45, 2.75) is 80.1 Å². The Morgan fingerprint density at radius 2 is 0.824 bits per heavy atom. The number of hydrogen-bond acceptors (Lipinski definition) is 3. The Morgan fingerprint density at radius 3 is 1.12 bits per heavy atom. The molecule has 182 valence electrons. The van der Waals surface area contributed by atoms with E-state index in [2.05, 4.69) is 131 Å². The third-order valence-corrected chi connectivity index (χ3v) is 10.5. The molecule has 1 aromatic heterocycles. The maximum Gasteiger partial charge on any atom is 0.148 e. The highest BCUT2D eigenvalue weighted by Gasteiger charge is 2.29. The largest absolute Gasteiger partial charge is 0.392 e. The molecule has 0 spiro atoms. The molecule has 0 atom stereocenters.